The van der Waals surface area contributed by atoms with Gasteiger partial charge in [-0.25, -0.2) is 0 Å². The van der Waals surface area contributed by atoms with Crippen molar-refractivity contribution in [3.63, 3.8) is 0 Å². The molecule has 0 radical (unpaired) electrons. The summed E-state index contributed by atoms with van der Waals surface area (Å²) in [5.41, 5.74) is 5.83. The van der Waals surface area contributed by atoms with E-state index in [2.05, 4.69) is 18.2 Å². The first-order chi connectivity index (χ1) is 11.2. The summed E-state index contributed by atoms with van der Waals surface area (Å²) >= 11 is 12.0. The Hall–Kier alpha value is -1.80. The largest absolute Gasteiger partial charge is 0.368 e. The van der Waals surface area contributed by atoms with E-state index in [1.165, 1.54) is 16.7 Å². The van der Waals surface area contributed by atoms with Crippen LogP contribution < -0.4 is 0 Å². The van der Waals surface area contributed by atoms with E-state index >= 15 is 0 Å². The molecule has 0 aromatic heterocycles. The molecular weight excluding hydrogens is 327 g/mol. The second kappa shape index (κ2) is 6.01. The number of epoxide rings is 1. The lowest BCUT2D eigenvalue weighted by Crippen LogP contribution is -1.88. The Morgan fingerprint density at radius 3 is 1.48 bits per heavy atom. The molecule has 1 nitrogen and oxygen atoms in total. The van der Waals surface area contributed by atoms with Gasteiger partial charge in [-0.05, 0) is 70.3 Å². The molecule has 23 heavy (non-hydrogen) atoms. The third-order valence-electron chi connectivity index (χ3n) is 4.02. The van der Waals surface area contributed by atoms with Crippen molar-refractivity contribution in [3.8, 4) is 22.3 Å². The molecule has 1 aliphatic rings. The predicted molar refractivity (Wildman–Crippen MR) is 96.0 cm³/mol. The van der Waals surface area contributed by atoms with Crippen molar-refractivity contribution in [2.24, 2.45) is 0 Å². The number of hydrogen-bond donors (Lipinski definition) is 0. The Balaban J connectivity index is 1.82. The van der Waals surface area contributed by atoms with Crippen molar-refractivity contribution in [2.45, 2.75) is 6.10 Å². The van der Waals surface area contributed by atoms with E-state index < -0.39 is 0 Å². The number of hydrogen-bond acceptors (Lipinski definition) is 1. The fourth-order valence-electron chi connectivity index (χ4n) is 2.70. The van der Waals surface area contributed by atoms with E-state index in [0.29, 0.717) is 0 Å². The number of ether oxygens (including phenoxy) is 1. The normalized spacial score (nSPS) is 16.3. The molecule has 0 saturated carbocycles. The molecule has 0 amide bonds. The highest BCUT2D eigenvalue weighted by molar-refractivity contribution is 6.30. The first-order valence-electron chi connectivity index (χ1n) is 7.47. The second-order valence-electron chi connectivity index (χ2n) is 5.68. The summed E-state index contributed by atoms with van der Waals surface area (Å²) < 4.78 is 5.47. The third kappa shape index (κ3) is 3.28. The summed E-state index contributed by atoms with van der Waals surface area (Å²) in [5, 5.41) is 1.49. The third-order valence-corrected chi connectivity index (χ3v) is 4.52. The Kier molecular flexibility index (Phi) is 3.86. The van der Waals surface area contributed by atoms with Crippen LogP contribution in [0.5, 0.6) is 0 Å². The number of rotatable bonds is 3. The van der Waals surface area contributed by atoms with Gasteiger partial charge >= 0.3 is 0 Å². The topological polar surface area (TPSA) is 12.5 Å². The van der Waals surface area contributed by atoms with Crippen molar-refractivity contribution in [1.29, 1.82) is 0 Å². The lowest BCUT2D eigenvalue weighted by Gasteiger charge is -2.10. The van der Waals surface area contributed by atoms with E-state index in [0.717, 1.165) is 27.8 Å². The maximum absolute atomic E-state index is 6.00. The fourth-order valence-corrected chi connectivity index (χ4v) is 2.95. The molecule has 0 unspecified atom stereocenters. The van der Waals surface area contributed by atoms with Crippen molar-refractivity contribution in [3.05, 3.63) is 82.3 Å². The standard InChI is InChI=1S/C20H14Cl2O/c21-18-5-1-13(2-6-18)15-9-16(11-17(10-15)20-12-23-20)14-3-7-19(22)8-4-14/h1-11,20H,12H2/t20-/m1/s1. The molecule has 1 saturated heterocycles. The Labute approximate surface area is 145 Å². The zero-order valence-electron chi connectivity index (χ0n) is 12.3. The zero-order valence-corrected chi connectivity index (χ0v) is 13.8. The van der Waals surface area contributed by atoms with E-state index in [-0.39, 0.29) is 6.10 Å². The number of benzene rings is 3. The second-order valence-corrected chi connectivity index (χ2v) is 6.55. The van der Waals surface area contributed by atoms with Gasteiger partial charge in [0.05, 0.1) is 6.61 Å². The highest BCUT2D eigenvalue weighted by Crippen LogP contribution is 2.36. The van der Waals surface area contributed by atoms with Crippen LogP contribution in [0.15, 0.2) is 66.7 Å². The van der Waals surface area contributed by atoms with Crippen LogP contribution >= 0.6 is 23.2 Å². The molecule has 1 atom stereocenters. The molecule has 1 aliphatic heterocycles. The molecule has 0 aliphatic carbocycles. The van der Waals surface area contributed by atoms with Crippen LogP contribution in [0.1, 0.15) is 11.7 Å². The molecule has 4 rings (SSSR count). The van der Waals surface area contributed by atoms with Gasteiger partial charge in [0.1, 0.15) is 6.10 Å². The van der Waals surface area contributed by atoms with Crippen LogP contribution in [0.4, 0.5) is 0 Å². The Bertz CT molecular complexity index is 771. The Morgan fingerprint density at radius 2 is 1.09 bits per heavy atom. The van der Waals surface area contributed by atoms with Crippen LogP contribution in [0, 0.1) is 0 Å². The molecule has 3 aromatic rings. The van der Waals surface area contributed by atoms with Crippen LogP contribution in [-0.2, 0) is 4.74 Å². The van der Waals surface area contributed by atoms with E-state index in [4.69, 9.17) is 27.9 Å². The maximum Gasteiger partial charge on any atom is 0.106 e. The molecule has 3 aromatic carbocycles. The summed E-state index contributed by atoms with van der Waals surface area (Å²) in [6.07, 6.45) is 0.216. The molecule has 3 heteroatoms. The highest BCUT2D eigenvalue weighted by atomic mass is 35.5. The van der Waals surface area contributed by atoms with Crippen molar-refractivity contribution < 1.29 is 4.74 Å². The van der Waals surface area contributed by atoms with Gasteiger partial charge in [-0.1, -0.05) is 47.5 Å². The number of halogens is 2. The summed E-state index contributed by atoms with van der Waals surface area (Å²) in [6, 6.07) is 22.4. The minimum Gasteiger partial charge on any atom is -0.368 e. The minimum atomic E-state index is 0.216. The molecule has 0 bridgehead atoms. The van der Waals surface area contributed by atoms with Gasteiger partial charge in [-0.3, -0.25) is 0 Å². The summed E-state index contributed by atoms with van der Waals surface area (Å²) in [4.78, 5) is 0. The lowest BCUT2D eigenvalue weighted by atomic mass is 9.95. The van der Waals surface area contributed by atoms with Crippen LogP contribution in [0.25, 0.3) is 22.3 Å². The van der Waals surface area contributed by atoms with E-state index in [1.807, 2.05) is 48.5 Å². The summed E-state index contributed by atoms with van der Waals surface area (Å²) in [5.74, 6) is 0. The van der Waals surface area contributed by atoms with Gasteiger partial charge in [0.2, 0.25) is 0 Å². The lowest BCUT2D eigenvalue weighted by molar-refractivity contribution is 0.416. The molecule has 114 valence electrons. The highest BCUT2D eigenvalue weighted by Gasteiger charge is 2.25. The fraction of sp³-hybridized carbons (Fsp3) is 0.100. The smallest absolute Gasteiger partial charge is 0.106 e. The average molecular weight is 341 g/mol. The molecule has 1 fully saturated rings. The van der Waals surface area contributed by atoms with Crippen LogP contribution in [0.2, 0.25) is 10.0 Å². The van der Waals surface area contributed by atoms with E-state index in [1.54, 1.807) is 0 Å². The van der Waals surface area contributed by atoms with E-state index in [9.17, 15) is 0 Å². The van der Waals surface area contributed by atoms with Gasteiger partial charge in [-0.2, -0.15) is 0 Å². The average Bonchev–Trinajstić information content (AvgIpc) is 3.41. The summed E-state index contributed by atoms with van der Waals surface area (Å²) in [7, 11) is 0. The quantitative estimate of drug-likeness (QED) is 0.502. The van der Waals surface area contributed by atoms with Gasteiger partial charge in [0.15, 0.2) is 0 Å². The van der Waals surface area contributed by atoms with Gasteiger partial charge in [0, 0.05) is 10.0 Å². The Morgan fingerprint density at radius 1 is 0.652 bits per heavy atom. The molecular formula is C20H14Cl2O. The minimum absolute atomic E-state index is 0.216. The van der Waals surface area contributed by atoms with Crippen LogP contribution in [-0.4, -0.2) is 6.61 Å². The van der Waals surface area contributed by atoms with Gasteiger partial charge < -0.3 is 4.74 Å². The SMILES string of the molecule is Clc1ccc(-c2cc(-c3ccc(Cl)cc3)cc([C@H]3CO3)c2)cc1. The van der Waals surface area contributed by atoms with Crippen molar-refractivity contribution >= 4 is 23.2 Å². The van der Waals surface area contributed by atoms with Crippen molar-refractivity contribution in [1.82, 2.24) is 0 Å². The first kappa shape index (κ1) is 14.8. The van der Waals surface area contributed by atoms with Gasteiger partial charge in [0.25, 0.3) is 0 Å². The first-order valence-corrected chi connectivity index (χ1v) is 8.23. The monoisotopic (exact) mass is 340 g/mol. The molecule has 0 N–H and O–H groups in total. The maximum atomic E-state index is 6.00. The van der Waals surface area contributed by atoms with Crippen molar-refractivity contribution in [2.75, 3.05) is 6.61 Å². The molecule has 1 heterocycles. The molecule has 0 spiro atoms. The predicted octanol–water partition coefficient (Wildman–Crippen LogP) is 6.40. The summed E-state index contributed by atoms with van der Waals surface area (Å²) in [6.45, 7) is 0.796. The van der Waals surface area contributed by atoms with Crippen LogP contribution in [0.3, 0.4) is 0 Å². The zero-order chi connectivity index (χ0) is 15.8. The van der Waals surface area contributed by atoms with Gasteiger partial charge in [-0.15, -0.1) is 0 Å².